The van der Waals surface area contributed by atoms with E-state index in [0.29, 0.717) is 6.42 Å². The zero-order valence-corrected chi connectivity index (χ0v) is 17.2. The van der Waals surface area contributed by atoms with Crippen molar-refractivity contribution in [3.05, 3.63) is 0 Å². The maximum Gasteiger partial charge on any atom is 0.336 e. The van der Waals surface area contributed by atoms with Crippen LogP contribution in [0.4, 0.5) is 0 Å². The zero-order chi connectivity index (χ0) is 25.1. The third-order valence-electron chi connectivity index (χ3n) is 4.17. The summed E-state index contributed by atoms with van der Waals surface area (Å²) in [5.74, 6) is -9.58. The molecule has 0 spiro atoms. The highest BCUT2D eigenvalue weighted by Crippen LogP contribution is 2.20. The van der Waals surface area contributed by atoms with Gasteiger partial charge in [-0.25, -0.2) is 9.59 Å². The molecule has 182 valence electrons. The second-order valence-electron chi connectivity index (χ2n) is 7.08. The normalized spacial score (nSPS) is 15.5. The Morgan fingerprint density at radius 3 is 1.53 bits per heavy atom. The third kappa shape index (κ3) is 10.2. The Balaban J connectivity index is 4.88. The van der Waals surface area contributed by atoms with Crippen LogP contribution in [0, 0.1) is 0 Å². The molecule has 0 aliphatic rings. The predicted molar refractivity (Wildman–Crippen MR) is 99.3 cm³/mol. The fraction of sp³-hybridized carbons (Fsp3) is 0.667. The highest BCUT2D eigenvalue weighted by atomic mass is 16.6. The highest BCUT2D eigenvalue weighted by molar-refractivity contribution is 5.89. The molecule has 0 aliphatic heterocycles. The van der Waals surface area contributed by atoms with Gasteiger partial charge in [-0.2, -0.15) is 0 Å². The molecule has 32 heavy (non-hydrogen) atoms. The van der Waals surface area contributed by atoms with Crippen LogP contribution in [-0.4, -0.2) is 90.4 Å². The second-order valence-corrected chi connectivity index (χ2v) is 7.08. The topological polar surface area (TPSA) is 242 Å². The Morgan fingerprint density at radius 1 is 0.719 bits per heavy atom. The molecule has 0 aromatic carbocycles. The summed E-state index contributed by atoms with van der Waals surface area (Å²) in [6.45, 7) is 1.29. The number of hydrogen-bond acceptors (Lipinski definition) is 10. The fourth-order valence-corrected chi connectivity index (χ4v) is 2.57. The number of carboxylic acid groups (broad SMARTS) is 4. The van der Waals surface area contributed by atoms with Crippen LogP contribution in [0.25, 0.3) is 0 Å². The van der Waals surface area contributed by atoms with Gasteiger partial charge in [-0.1, -0.05) is 13.3 Å². The lowest BCUT2D eigenvalue weighted by Crippen LogP contribution is -2.43. The van der Waals surface area contributed by atoms with E-state index in [1.54, 1.807) is 6.92 Å². The molecule has 0 bridgehead atoms. The summed E-state index contributed by atoms with van der Waals surface area (Å²) < 4.78 is 9.78. The first-order valence-corrected chi connectivity index (χ1v) is 9.35. The van der Waals surface area contributed by atoms with Crippen LogP contribution < -0.4 is 0 Å². The van der Waals surface area contributed by atoms with Crippen molar-refractivity contribution in [1.29, 1.82) is 0 Å². The summed E-state index contributed by atoms with van der Waals surface area (Å²) in [4.78, 5) is 67.3. The van der Waals surface area contributed by atoms with Crippen molar-refractivity contribution in [1.82, 2.24) is 0 Å². The van der Waals surface area contributed by atoms with Crippen LogP contribution in [0.1, 0.15) is 51.9 Å². The average Bonchev–Trinajstić information content (AvgIpc) is 2.59. The number of carbonyl (C=O) groups is 6. The van der Waals surface area contributed by atoms with E-state index >= 15 is 0 Å². The molecule has 3 atom stereocenters. The maximum absolute atomic E-state index is 12.0. The molecule has 0 saturated carbocycles. The smallest absolute Gasteiger partial charge is 0.336 e. The Labute approximate surface area is 181 Å². The van der Waals surface area contributed by atoms with Crippen LogP contribution in [0.15, 0.2) is 0 Å². The van der Waals surface area contributed by atoms with E-state index in [-0.39, 0.29) is 12.8 Å². The van der Waals surface area contributed by atoms with Gasteiger partial charge in [0.2, 0.25) is 0 Å². The Hall–Kier alpha value is -3.26. The Morgan fingerprint density at radius 2 is 1.16 bits per heavy atom. The molecule has 0 rings (SSSR count). The van der Waals surface area contributed by atoms with Gasteiger partial charge in [0.15, 0.2) is 11.2 Å². The molecule has 14 heteroatoms. The van der Waals surface area contributed by atoms with E-state index in [2.05, 4.69) is 0 Å². The van der Waals surface area contributed by atoms with Gasteiger partial charge in [-0.05, 0) is 6.42 Å². The number of carboxylic acids is 4. The molecule has 6 N–H and O–H groups in total. The molecule has 3 unspecified atom stereocenters. The molecule has 0 fully saturated rings. The molecular weight excluding hydrogens is 440 g/mol. The number of hydrogen-bond donors (Lipinski definition) is 6. The van der Waals surface area contributed by atoms with E-state index in [4.69, 9.17) is 29.9 Å². The van der Waals surface area contributed by atoms with Crippen molar-refractivity contribution in [2.24, 2.45) is 0 Å². The summed E-state index contributed by atoms with van der Waals surface area (Å²) in [6.07, 6.45) is -5.11. The largest absolute Gasteiger partial charge is 0.481 e. The first-order valence-electron chi connectivity index (χ1n) is 9.35. The fourth-order valence-electron chi connectivity index (χ4n) is 2.57. The van der Waals surface area contributed by atoms with Crippen LogP contribution >= 0.6 is 0 Å². The van der Waals surface area contributed by atoms with Crippen molar-refractivity contribution in [2.45, 2.75) is 69.2 Å². The lowest BCUT2D eigenvalue weighted by molar-refractivity contribution is -0.174. The highest BCUT2D eigenvalue weighted by Gasteiger charge is 2.42. The molecule has 0 aromatic rings. The number of ether oxygens (including phenoxy) is 2. The van der Waals surface area contributed by atoms with Crippen molar-refractivity contribution in [2.75, 3.05) is 6.61 Å². The molecular formula is C18H26O14. The lowest BCUT2D eigenvalue weighted by atomic mass is 9.96. The third-order valence-corrected chi connectivity index (χ3v) is 4.17. The molecule has 14 nitrogen and oxygen atoms in total. The maximum atomic E-state index is 12.0. The van der Waals surface area contributed by atoms with E-state index in [1.807, 2.05) is 0 Å². The Kier molecular flexibility index (Phi) is 11.3. The van der Waals surface area contributed by atoms with Gasteiger partial charge < -0.3 is 40.1 Å². The van der Waals surface area contributed by atoms with Crippen molar-refractivity contribution in [3.63, 3.8) is 0 Å². The van der Waals surface area contributed by atoms with E-state index in [9.17, 15) is 39.0 Å². The quantitative estimate of drug-likeness (QED) is 0.149. The first kappa shape index (κ1) is 28.7. The minimum absolute atomic E-state index is 0.125. The Bertz CT molecular complexity index is 731. The molecule has 0 aliphatic carbocycles. The van der Waals surface area contributed by atoms with Crippen molar-refractivity contribution >= 4 is 35.8 Å². The van der Waals surface area contributed by atoms with Crippen LogP contribution in [0.3, 0.4) is 0 Å². The van der Waals surface area contributed by atoms with Gasteiger partial charge in [0.1, 0.15) is 6.10 Å². The van der Waals surface area contributed by atoms with Crippen LogP contribution in [-0.2, 0) is 38.2 Å². The molecule has 0 heterocycles. The van der Waals surface area contributed by atoms with E-state index in [0.717, 1.165) is 0 Å². The number of rotatable bonds is 16. The molecule has 0 radical (unpaired) electrons. The van der Waals surface area contributed by atoms with Gasteiger partial charge in [0, 0.05) is 6.42 Å². The van der Waals surface area contributed by atoms with Gasteiger partial charge in [-0.3, -0.25) is 19.2 Å². The van der Waals surface area contributed by atoms with Gasteiger partial charge in [0.25, 0.3) is 0 Å². The SMILES string of the molecule is CCCC(CCOC(=O)CC(O)(CC(=O)O)C(=O)O)OC(=O)CC(O)(CC(=O)O)C(=O)O. The zero-order valence-electron chi connectivity index (χ0n) is 17.2. The van der Waals surface area contributed by atoms with Crippen LogP contribution in [0.5, 0.6) is 0 Å². The van der Waals surface area contributed by atoms with Crippen LogP contribution in [0.2, 0.25) is 0 Å². The first-order chi connectivity index (χ1) is 14.6. The minimum atomic E-state index is -2.88. The van der Waals surface area contributed by atoms with Crippen molar-refractivity contribution < 1.29 is 68.9 Å². The van der Waals surface area contributed by atoms with Gasteiger partial charge in [0.05, 0.1) is 32.3 Å². The second kappa shape index (κ2) is 12.6. The molecule has 0 saturated heterocycles. The summed E-state index contributed by atoms with van der Waals surface area (Å²) in [6, 6.07) is 0. The monoisotopic (exact) mass is 466 g/mol. The average molecular weight is 466 g/mol. The number of aliphatic hydroxyl groups is 2. The number of carbonyl (C=O) groups excluding carboxylic acids is 2. The number of esters is 2. The molecule has 0 aromatic heterocycles. The standard InChI is InChI=1S/C18H26O14/c1-2-3-10(32-14(24)9-18(30,16(27)28)7-12(21)22)4-5-31-13(23)8-17(29,15(25)26)6-11(19)20/h10,29-30H,2-9H2,1H3,(H,19,20)(H,21,22)(H,25,26)(H,27,28). The van der Waals surface area contributed by atoms with Gasteiger partial charge >= 0.3 is 35.8 Å². The summed E-state index contributed by atoms with van der Waals surface area (Å²) in [5.41, 5.74) is -5.75. The predicted octanol–water partition coefficient (Wildman–Crippen LogP) is -1.01. The van der Waals surface area contributed by atoms with E-state index < -0.39 is 85.4 Å². The summed E-state index contributed by atoms with van der Waals surface area (Å²) >= 11 is 0. The molecule has 0 amide bonds. The van der Waals surface area contributed by atoms with Gasteiger partial charge in [-0.15, -0.1) is 0 Å². The minimum Gasteiger partial charge on any atom is -0.481 e. The van der Waals surface area contributed by atoms with E-state index in [1.165, 1.54) is 0 Å². The van der Waals surface area contributed by atoms with Crippen molar-refractivity contribution in [3.8, 4) is 0 Å². The number of aliphatic carboxylic acids is 4. The lowest BCUT2D eigenvalue weighted by Gasteiger charge is -2.23. The summed E-state index contributed by atoms with van der Waals surface area (Å²) in [5, 5.41) is 54.9. The summed E-state index contributed by atoms with van der Waals surface area (Å²) in [7, 11) is 0.